The molecule has 100 valence electrons. The first kappa shape index (κ1) is 14.0. The van der Waals surface area contributed by atoms with Gasteiger partial charge in [-0.15, -0.1) is 0 Å². The normalized spacial score (nSPS) is 20.2. The fourth-order valence-electron chi connectivity index (χ4n) is 2.22. The van der Waals surface area contributed by atoms with Gasteiger partial charge in [0, 0.05) is 30.6 Å². The van der Waals surface area contributed by atoms with Crippen LogP contribution in [0.15, 0.2) is 18.2 Å². The van der Waals surface area contributed by atoms with E-state index in [1.54, 1.807) is 0 Å². The van der Waals surface area contributed by atoms with Crippen molar-refractivity contribution in [2.24, 2.45) is 0 Å². The van der Waals surface area contributed by atoms with Crippen LogP contribution in [0.2, 0.25) is 5.02 Å². The zero-order valence-corrected chi connectivity index (χ0v) is 12.7. The van der Waals surface area contributed by atoms with Crippen molar-refractivity contribution in [3.63, 3.8) is 0 Å². The topological polar surface area (TPSA) is 15.3 Å². The molecule has 0 aromatic heterocycles. The van der Waals surface area contributed by atoms with E-state index in [1.165, 1.54) is 17.0 Å². The summed E-state index contributed by atoms with van der Waals surface area (Å²) in [6.07, 6.45) is 0. The van der Waals surface area contributed by atoms with Gasteiger partial charge in [0.2, 0.25) is 0 Å². The molecule has 0 saturated carbocycles. The Bertz CT molecular complexity index is 397. The molecule has 4 heteroatoms. The first-order chi connectivity index (χ1) is 8.70. The predicted molar refractivity (Wildman–Crippen MR) is 83.0 cm³/mol. The minimum absolute atomic E-state index is 0.691. The van der Waals surface area contributed by atoms with Gasteiger partial charge in [0.15, 0.2) is 0 Å². The largest absolute Gasteiger partial charge is 0.368 e. The second kappa shape index (κ2) is 6.69. The van der Waals surface area contributed by atoms with Crippen molar-refractivity contribution in [3.05, 3.63) is 28.8 Å². The summed E-state index contributed by atoms with van der Waals surface area (Å²) < 4.78 is 0. The third-order valence-electron chi connectivity index (χ3n) is 3.17. The van der Waals surface area contributed by atoms with Crippen LogP contribution in [0.25, 0.3) is 0 Å². The minimum atomic E-state index is 0.691. The average Bonchev–Trinajstić information content (AvgIpc) is 2.36. The van der Waals surface area contributed by atoms with Crippen molar-refractivity contribution in [2.45, 2.75) is 25.6 Å². The molecule has 0 spiro atoms. The van der Waals surface area contributed by atoms with E-state index in [4.69, 9.17) is 11.6 Å². The smallest absolute Gasteiger partial charge is 0.0642 e. The Balaban J connectivity index is 2.08. The molecule has 1 aliphatic heterocycles. The standard InChI is InChI=1S/C14H21ClN2S/c1-3-16-9-12-4-5-14(13(15)8-12)17-6-7-18-11(2)10-17/h4-5,8,11,16H,3,6-7,9-10H2,1-2H3. The van der Waals surface area contributed by atoms with Gasteiger partial charge in [-0.3, -0.25) is 0 Å². The summed E-state index contributed by atoms with van der Waals surface area (Å²) in [5, 5.41) is 4.89. The van der Waals surface area contributed by atoms with Crippen LogP contribution >= 0.6 is 23.4 Å². The van der Waals surface area contributed by atoms with Crippen LogP contribution in [0.1, 0.15) is 19.4 Å². The zero-order valence-electron chi connectivity index (χ0n) is 11.1. The summed E-state index contributed by atoms with van der Waals surface area (Å²) in [5.41, 5.74) is 2.44. The van der Waals surface area contributed by atoms with Crippen molar-refractivity contribution >= 4 is 29.1 Å². The van der Waals surface area contributed by atoms with Gasteiger partial charge >= 0.3 is 0 Å². The molecule has 1 aliphatic rings. The van der Waals surface area contributed by atoms with Gasteiger partial charge < -0.3 is 10.2 Å². The van der Waals surface area contributed by atoms with Gasteiger partial charge in [0.25, 0.3) is 0 Å². The number of hydrogen-bond donors (Lipinski definition) is 1. The Kier molecular flexibility index (Phi) is 5.22. The lowest BCUT2D eigenvalue weighted by atomic mass is 10.2. The Morgan fingerprint density at radius 3 is 3.00 bits per heavy atom. The molecule has 2 nitrogen and oxygen atoms in total. The van der Waals surface area contributed by atoms with Crippen LogP contribution in [-0.2, 0) is 6.54 Å². The Morgan fingerprint density at radius 2 is 2.33 bits per heavy atom. The second-order valence-corrected chi connectivity index (χ2v) is 6.65. The Hall–Kier alpha value is -0.380. The molecule has 1 heterocycles. The third kappa shape index (κ3) is 3.56. The lowest BCUT2D eigenvalue weighted by molar-refractivity contribution is 0.726. The van der Waals surface area contributed by atoms with E-state index >= 15 is 0 Å². The van der Waals surface area contributed by atoms with Crippen LogP contribution in [0.4, 0.5) is 5.69 Å². The van der Waals surface area contributed by atoms with Crippen molar-refractivity contribution in [3.8, 4) is 0 Å². The van der Waals surface area contributed by atoms with Gasteiger partial charge in [-0.25, -0.2) is 0 Å². The first-order valence-electron chi connectivity index (χ1n) is 6.56. The lowest BCUT2D eigenvalue weighted by Gasteiger charge is -2.33. The third-order valence-corrected chi connectivity index (χ3v) is 4.61. The van der Waals surface area contributed by atoms with Crippen molar-refractivity contribution < 1.29 is 0 Å². The van der Waals surface area contributed by atoms with Crippen molar-refractivity contribution in [2.75, 3.05) is 30.3 Å². The molecule has 1 aromatic carbocycles. The van der Waals surface area contributed by atoms with Gasteiger partial charge in [-0.05, 0) is 24.2 Å². The van der Waals surface area contributed by atoms with E-state index in [9.17, 15) is 0 Å². The van der Waals surface area contributed by atoms with Crippen LogP contribution in [0.5, 0.6) is 0 Å². The molecular formula is C14H21ClN2S. The van der Waals surface area contributed by atoms with E-state index < -0.39 is 0 Å². The molecule has 0 aliphatic carbocycles. The monoisotopic (exact) mass is 284 g/mol. The molecule has 18 heavy (non-hydrogen) atoms. The SMILES string of the molecule is CCNCc1ccc(N2CCSC(C)C2)c(Cl)c1. The number of rotatable bonds is 4. The quantitative estimate of drug-likeness (QED) is 0.912. The molecule has 1 N–H and O–H groups in total. The zero-order chi connectivity index (χ0) is 13.0. The van der Waals surface area contributed by atoms with Crippen LogP contribution in [0.3, 0.4) is 0 Å². The molecule has 0 bridgehead atoms. The molecular weight excluding hydrogens is 264 g/mol. The second-order valence-electron chi connectivity index (χ2n) is 4.69. The maximum Gasteiger partial charge on any atom is 0.0642 e. The Morgan fingerprint density at radius 1 is 1.50 bits per heavy atom. The molecule has 1 atom stereocenters. The summed E-state index contributed by atoms with van der Waals surface area (Å²) in [7, 11) is 0. The fourth-order valence-corrected chi connectivity index (χ4v) is 3.56. The van der Waals surface area contributed by atoms with Gasteiger partial charge in [-0.2, -0.15) is 11.8 Å². The molecule has 0 radical (unpaired) electrons. The summed E-state index contributed by atoms with van der Waals surface area (Å²) in [6, 6.07) is 6.43. The van der Waals surface area contributed by atoms with Gasteiger partial charge in [-0.1, -0.05) is 31.5 Å². The minimum Gasteiger partial charge on any atom is -0.368 e. The number of thioether (sulfide) groups is 1. The predicted octanol–water partition coefficient (Wildman–Crippen LogP) is 3.39. The molecule has 1 aromatic rings. The van der Waals surface area contributed by atoms with E-state index in [1.807, 2.05) is 11.8 Å². The van der Waals surface area contributed by atoms with E-state index in [-0.39, 0.29) is 0 Å². The highest BCUT2D eigenvalue weighted by molar-refractivity contribution is 8.00. The Labute approximate surface area is 119 Å². The summed E-state index contributed by atoms with van der Waals surface area (Å²) in [6.45, 7) is 8.47. The highest BCUT2D eigenvalue weighted by atomic mass is 35.5. The van der Waals surface area contributed by atoms with Crippen LogP contribution in [0, 0.1) is 0 Å². The maximum absolute atomic E-state index is 6.41. The number of anilines is 1. The molecule has 1 unspecified atom stereocenters. The van der Waals surface area contributed by atoms with E-state index in [0.717, 1.165) is 31.2 Å². The summed E-state index contributed by atoms with van der Waals surface area (Å²) in [4.78, 5) is 2.40. The fraction of sp³-hybridized carbons (Fsp3) is 0.571. The number of nitrogens with zero attached hydrogens (tertiary/aromatic N) is 1. The summed E-state index contributed by atoms with van der Waals surface area (Å²) in [5.74, 6) is 1.19. The molecule has 2 rings (SSSR count). The highest BCUT2D eigenvalue weighted by Crippen LogP contribution is 2.30. The molecule has 0 amide bonds. The number of benzene rings is 1. The van der Waals surface area contributed by atoms with Crippen LogP contribution < -0.4 is 10.2 Å². The number of nitrogens with one attached hydrogen (secondary N) is 1. The number of hydrogen-bond acceptors (Lipinski definition) is 3. The van der Waals surface area contributed by atoms with Crippen molar-refractivity contribution in [1.29, 1.82) is 0 Å². The molecule has 1 fully saturated rings. The maximum atomic E-state index is 6.41. The van der Waals surface area contributed by atoms with Crippen molar-refractivity contribution in [1.82, 2.24) is 5.32 Å². The first-order valence-corrected chi connectivity index (χ1v) is 7.99. The number of halogens is 1. The van der Waals surface area contributed by atoms with E-state index in [0.29, 0.717) is 5.25 Å². The van der Waals surface area contributed by atoms with Crippen LogP contribution in [-0.4, -0.2) is 30.6 Å². The van der Waals surface area contributed by atoms with Gasteiger partial charge in [0.05, 0.1) is 10.7 Å². The highest BCUT2D eigenvalue weighted by Gasteiger charge is 2.18. The van der Waals surface area contributed by atoms with E-state index in [2.05, 4.69) is 42.3 Å². The average molecular weight is 285 g/mol. The van der Waals surface area contributed by atoms with Gasteiger partial charge in [0.1, 0.15) is 0 Å². The summed E-state index contributed by atoms with van der Waals surface area (Å²) >= 11 is 8.45. The lowest BCUT2D eigenvalue weighted by Crippen LogP contribution is -2.36. The molecule has 1 saturated heterocycles.